The van der Waals surface area contributed by atoms with Crippen LogP contribution in [0.4, 0.5) is 0 Å². The van der Waals surface area contributed by atoms with E-state index in [0.717, 1.165) is 21.9 Å². The molecule has 3 heteroatoms. The second kappa shape index (κ2) is 5.67. The number of aliphatic hydroxyl groups excluding tert-OH is 1. The Hall–Kier alpha value is -2.13. The van der Waals surface area contributed by atoms with E-state index in [9.17, 15) is 9.90 Å². The number of esters is 1. The van der Waals surface area contributed by atoms with Crippen molar-refractivity contribution >= 4 is 16.7 Å². The lowest BCUT2D eigenvalue weighted by molar-refractivity contribution is -0.140. The molecule has 0 aliphatic carbocycles. The highest BCUT2D eigenvalue weighted by atomic mass is 16.5. The molecule has 1 N–H and O–H groups in total. The first-order valence-electron chi connectivity index (χ1n) is 6.06. The van der Waals surface area contributed by atoms with Crippen molar-refractivity contribution in [3.05, 3.63) is 59.7 Å². The van der Waals surface area contributed by atoms with Crippen LogP contribution in [-0.4, -0.2) is 11.1 Å². The zero-order valence-electron chi connectivity index (χ0n) is 10.8. The zero-order chi connectivity index (χ0) is 13.8. The van der Waals surface area contributed by atoms with Crippen molar-refractivity contribution in [3.63, 3.8) is 0 Å². The van der Waals surface area contributed by atoms with Crippen molar-refractivity contribution in [1.29, 1.82) is 0 Å². The molecular weight excluding hydrogens is 240 g/mol. The van der Waals surface area contributed by atoms with Crippen LogP contribution < -0.4 is 0 Å². The largest absolute Gasteiger partial charge is 0.457 e. The van der Waals surface area contributed by atoms with Crippen LogP contribution in [0.15, 0.2) is 48.6 Å². The molecule has 98 valence electrons. The van der Waals surface area contributed by atoms with E-state index in [1.807, 2.05) is 36.4 Å². The van der Waals surface area contributed by atoms with Gasteiger partial charge in [-0.3, -0.25) is 0 Å². The van der Waals surface area contributed by atoms with Gasteiger partial charge in [0.15, 0.2) is 0 Å². The van der Waals surface area contributed by atoms with Gasteiger partial charge in [-0.1, -0.05) is 43.0 Å². The van der Waals surface area contributed by atoms with Crippen molar-refractivity contribution in [2.75, 3.05) is 0 Å². The van der Waals surface area contributed by atoms with Crippen LogP contribution in [0.2, 0.25) is 0 Å². The Kier molecular flexibility index (Phi) is 3.97. The van der Waals surface area contributed by atoms with Crippen LogP contribution in [0.5, 0.6) is 0 Å². The highest BCUT2D eigenvalue weighted by Crippen LogP contribution is 2.23. The first-order chi connectivity index (χ1) is 9.13. The predicted molar refractivity (Wildman–Crippen MR) is 74.5 cm³/mol. The van der Waals surface area contributed by atoms with E-state index in [4.69, 9.17) is 4.74 Å². The first kappa shape index (κ1) is 13.3. The van der Waals surface area contributed by atoms with Crippen molar-refractivity contribution in [1.82, 2.24) is 0 Å². The maximum absolute atomic E-state index is 11.4. The number of fused-ring (bicyclic) bond motifs is 1. The van der Waals surface area contributed by atoms with Gasteiger partial charge in [-0.05, 0) is 28.8 Å². The molecule has 0 heterocycles. The maximum atomic E-state index is 11.4. The minimum absolute atomic E-state index is 0.00759. The summed E-state index contributed by atoms with van der Waals surface area (Å²) in [5.41, 5.74) is 2.17. The molecule has 0 saturated heterocycles. The molecule has 0 aromatic heterocycles. The number of carbonyl (C=O) groups is 1. The zero-order valence-corrected chi connectivity index (χ0v) is 10.8. The minimum Gasteiger partial charge on any atom is -0.457 e. The van der Waals surface area contributed by atoms with E-state index in [-0.39, 0.29) is 13.2 Å². The molecular formula is C16H16O3. The minimum atomic E-state index is -0.393. The van der Waals surface area contributed by atoms with Crippen molar-refractivity contribution < 1.29 is 14.6 Å². The standard InChI is InChI=1S/C16H16O3/c1-11(2)16(18)19-10-13-6-4-7-14-12(9-17)5-3-8-15(13)14/h3-8,17H,1,9-10H2,2H3. The number of aliphatic hydroxyl groups is 1. The van der Waals surface area contributed by atoms with Crippen molar-refractivity contribution in [2.45, 2.75) is 20.1 Å². The topological polar surface area (TPSA) is 46.5 Å². The number of hydrogen-bond donors (Lipinski definition) is 1. The number of hydrogen-bond acceptors (Lipinski definition) is 3. The number of benzene rings is 2. The van der Waals surface area contributed by atoms with Gasteiger partial charge < -0.3 is 9.84 Å². The maximum Gasteiger partial charge on any atom is 0.333 e. The van der Waals surface area contributed by atoms with Crippen LogP contribution in [0, 0.1) is 0 Å². The van der Waals surface area contributed by atoms with Gasteiger partial charge in [-0.15, -0.1) is 0 Å². The third kappa shape index (κ3) is 2.83. The fraction of sp³-hybridized carbons (Fsp3) is 0.188. The summed E-state index contributed by atoms with van der Waals surface area (Å²) in [6.45, 7) is 5.37. The molecule has 2 aromatic carbocycles. The Labute approximate surface area is 112 Å². The second-order valence-electron chi connectivity index (χ2n) is 4.44. The van der Waals surface area contributed by atoms with E-state index in [2.05, 4.69) is 6.58 Å². The summed E-state index contributed by atoms with van der Waals surface area (Å²) < 4.78 is 5.17. The van der Waals surface area contributed by atoms with Crippen LogP contribution in [0.3, 0.4) is 0 Å². The van der Waals surface area contributed by atoms with Gasteiger partial charge in [0.05, 0.1) is 6.61 Å². The van der Waals surface area contributed by atoms with Crippen LogP contribution in [0.1, 0.15) is 18.1 Å². The number of carbonyl (C=O) groups excluding carboxylic acids is 1. The lowest BCUT2D eigenvalue weighted by Gasteiger charge is -2.10. The lowest BCUT2D eigenvalue weighted by atomic mass is 10.0. The van der Waals surface area contributed by atoms with E-state index in [0.29, 0.717) is 5.57 Å². The monoisotopic (exact) mass is 256 g/mol. The fourth-order valence-corrected chi connectivity index (χ4v) is 1.97. The average molecular weight is 256 g/mol. The molecule has 19 heavy (non-hydrogen) atoms. The normalized spacial score (nSPS) is 10.4. The molecule has 0 radical (unpaired) electrons. The summed E-state index contributed by atoms with van der Waals surface area (Å²) in [7, 11) is 0. The van der Waals surface area contributed by atoms with Gasteiger partial charge in [0.25, 0.3) is 0 Å². The first-order valence-corrected chi connectivity index (χ1v) is 6.06. The van der Waals surface area contributed by atoms with Gasteiger partial charge in [-0.25, -0.2) is 4.79 Å². The smallest absolute Gasteiger partial charge is 0.333 e. The molecule has 0 bridgehead atoms. The van der Waals surface area contributed by atoms with Gasteiger partial charge in [0.2, 0.25) is 0 Å². The quantitative estimate of drug-likeness (QED) is 0.675. The van der Waals surface area contributed by atoms with Crippen LogP contribution in [0.25, 0.3) is 10.8 Å². The second-order valence-corrected chi connectivity index (χ2v) is 4.44. The Morgan fingerprint density at radius 1 is 1.16 bits per heavy atom. The molecule has 0 spiro atoms. The third-order valence-corrected chi connectivity index (χ3v) is 2.98. The summed E-state index contributed by atoms with van der Waals surface area (Å²) in [4.78, 5) is 11.4. The SMILES string of the molecule is C=C(C)C(=O)OCc1cccc2c(CO)cccc12. The molecule has 2 aromatic rings. The summed E-state index contributed by atoms with van der Waals surface area (Å²) in [5, 5.41) is 11.3. The van der Waals surface area contributed by atoms with E-state index < -0.39 is 5.97 Å². The molecule has 0 aliphatic rings. The molecule has 2 rings (SSSR count). The molecule has 3 nitrogen and oxygen atoms in total. The molecule has 0 unspecified atom stereocenters. The third-order valence-electron chi connectivity index (χ3n) is 2.98. The Balaban J connectivity index is 2.34. The van der Waals surface area contributed by atoms with E-state index in [1.54, 1.807) is 6.92 Å². The fourth-order valence-electron chi connectivity index (χ4n) is 1.97. The molecule has 0 aliphatic heterocycles. The summed E-state index contributed by atoms with van der Waals surface area (Å²) in [6, 6.07) is 11.5. The van der Waals surface area contributed by atoms with Gasteiger partial charge >= 0.3 is 5.97 Å². The average Bonchev–Trinajstić information content (AvgIpc) is 2.43. The molecule has 0 saturated carbocycles. The van der Waals surface area contributed by atoms with Gasteiger partial charge in [0, 0.05) is 5.57 Å². The lowest BCUT2D eigenvalue weighted by Crippen LogP contribution is -2.05. The number of rotatable bonds is 4. The van der Waals surface area contributed by atoms with Crippen molar-refractivity contribution in [2.24, 2.45) is 0 Å². The summed E-state index contributed by atoms with van der Waals surface area (Å²) in [5.74, 6) is -0.393. The molecule has 0 fully saturated rings. The van der Waals surface area contributed by atoms with Gasteiger partial charge in [0.1, 0.15) is 6.61 Å². The Bertz CT molecular complexity index is 629. The van der Waals surface area contributed by atoms with Crippen LogP contribution in [-0.2, 0) is 22.7 Å². The van der Waals surface area contributed by atoms with Gasteiger partial charge in [-0.2, -0.15) is 0 Å². The molecule has 0 amide bonds. The molecule has 0 atom stereocenters. The number of ether oxygens (including phenoxy) is 1. The predicted octanol–water partition coefficient (Wildman–Crippen LogP) is 2.95. The summed E-state index contributed by atoms with van der Waals surface area (Å²) in [6.07, 6.45) is 0. The van der Waals surface area contributed by atoms with E-state index >= 15 is 0 Å². The van der Waals surface area contributed by atoms with E-state index in [1.165, 1.54) is 0 Å². The van der Waals surface area contributed by atoms with Crippen molar-refractivity contribution in [3.8, 4) is 0 Å². The summed E-state index contributed by atoms with van der Waals surface area (Å²) >= 11 is 0. The Morgan fingerprint density at radius 3 is 2.32 bits per heavy atom. The highest BCUT2D eigenvalue weighted by Gasteiger charge is 2.07. The highest BCUT2D eigenvalue weighted by molar-refractivity contribution is 5.89. The Morgan fingerprint density at radius 2 is 1.74 bits per heavy atom. The van der Waals surface area contributed by atoms with Crippen LogP contribution >= 0.6 is 0 Å².